The zero-order chi connectivity index (χ0) is 10.6. The Morgan fingerprint density at radius 2 is 2.00 bits per heavy atom. The fraction of sp³-hybridized carbons (Fsp3) is 0.900. The minimum Gasteiger partial charge on any atom is -0.479 e. The summed E-state index contributed by atoms with van der Waals surface area (Å²) in [6.45, 7) is 1.59. The van der Waals surface area contributed by atoms with E-state index in [1.165, 1.54) is 0 Å². The lowest BCUT2D eigenvalue weighted by Crippen LogP contribution is -2.35. The van der Waals surface area contributed by atoms with Crippen LogP contribution in [0.2, 0.25) is 0 Å². The van der Waals surface area contributed by atoms with Gasteiger partial charge < -0.3 is 15.2 Å². The first kappa shape index (κ1) is 11.5. The maximum Gasteiger partial charge on any atom is 0.332 e. The number of carboxylic acid groups (broad SMARTS) is 1. The minimum absolute atomic E-state index is 0.130. The van der Waals surface area contributed by atoms with Crippen LogP contribution in [0.15, 0.2) is 0 Å². The molecule has 0 radical (unpaired) electrons. The Labute approximate surface area is 84.6 Å². The molecule has 0 bridgehead atoms. The highest BCUT2D eigenvalue weighted by molar-refractivity contribution is 5.71. The molecule has 0 spiro atoms. The van der Waals surface area contributed by atoms with Gasteiger partial charge in [0.2, 0.25) is 0 Å². The van der Waals surface area contributed by atoms with E-state index >= 15 is 0 Å². The molecular formula is C10H19NO3. The maximum atomic E-state index is 10.6. The van der Waals surface area contributed by atoms with Crippen LogP contribution in [0.5, 0.6) is 0 Å². The van der Waals surface area contributed by atoms with Gasteiger partial charge in [-0.25, -0.2) is 4.79 Å². The molecule has 0 heterocycles. The van der Waals surface area contributed by atoms with Gasteiger partial charge in [0.05, 0.1) is 6.10 Å². The molecule has 0 aromatic heterocycles. The highest BCUT2D eigenvalue weighted by Gasteiger charge is 2.23. The summed E-state index contributed by atoms with van der Waals surface area (Å²) in [5.41, 5.74) is 0. The van der Waals surface area contributed by atoms with Crippen molar-refractivity contribution in [2.24, 2.45) is 0 Å². The number of hydrogen-bond acceptors (Lipinski definition) is 3. The largest absolute Gasteiger partial charge is 0.479 e. The number of nitrogens with one attached hydrogen (secondary N) is 1. The minimum atomic E-state index is -0.874. The summed E-state index contributed by atoms with van der Waals surface area (Å²) in [6.07, 6.45) is 3.53. The second-order valence-corrected chi connectivity index (χ2v) is 3.88. The van der Waals surface area contributed by atoms with Crippen LogP contribution in [0.25, 0.3) is 0 Å². The quantitative estimate of drug-likeness (QED) is 0.712. The highest BCUT2D eigenvalue weighted by atomic mass is 16.5. The second kappa shape index (κ2) is 5.32. The van der Waals surface area contributed by atoms with Crippen molar-refractivity contribution in [1.82, 2.24) is 5.32 Å². The van der Waals surface area contributed by atoms with Gasteiger partial charge in [0.15, 0.2) is 6.10 Å². The van der Waals surface area contributed by atoms with Crippen LogP contribution in [0.3, 0.4) is 0 Å². The standard InChI is InChI=1S/C10H19NO3/c1-7(10(12)13)14-9-5-3-8(11-2)4-6-9/h7-9,11H,3-6H2,1-2H3,(H,12,13). The molecule has 14 heavy (non-hydrogen) atoms. The molecule has 2 N–H and O–H groups in total. The van der Waals surface area contributed by atoms with Crippen LogP contribution in [0, 0.1) is 0 Å². The van der Waals surface area contributed by atoms with Gasteiger partial charge in [-0.3, -0.25) is 0 Å². The Kier molecular flexibility index (Phi) is 4.35. The zero-order valence-corrected chi connectivity index (χ0v) is 8.82. The van der Waals surface area contributed by atoms with E-state index in [2.05, 4.69) is 5.32 Å². The molecule has 1 unspecified atom stereocenters. The molecule has 0 aromatic rings. The molecule has 82 valence electrons. The van der Waals surface area contributed by atoms with Crippen molar-refractivity contribution in [2.45, 2.75) is 50.9 Å². The van der Waals surface area contributed by atoms with E-state index in [0.29, 0.717) is 6.04 Å². The van der Waals surface area contributed by atoms with Crippen LogP contribution in [-0.4, -0.2) is 36.4 Å². The lowest BCUT2D eigenvalue weighted by Gasteiger charge is -2.29. The molecule has 1 aliphatic carbocycles. The number of carboxylic acids is 1. The lowest BCUT2D eigenvalue weighted by atomic mass is 9.93. The number of ether oxygens (including phenoxy) is 1. The molecular weight excluding hydrogens is 182 g/mol. The van der Waals surface area contributed by atoms with Gasteiger partial charge in [-0.15, -0.1) is 0 Å². The fourth-order valence-electron chi connectivity index (χ4n) is 1.83. The summed E-state index contributed by atoms with van der Waals surface area (Å²) in [4.78, 5) is 10.6. The van der Waals surface area contributed by atoms with Crippen molar-refractivity contribution in [3.63, 3.8) is 0 Å². The third kappa shape index (κ3) is 3.27. The predicted octanol–water partition coefficient (Wildman–Crippen LogP) is 1.01. The van der Waals surface area contributed by atoms with Gasteiger partial charge in [-0.05, 0) is 39.7 Å². The smallest absolute Gasteiger partial charge is 0.332 e. The number of rotatable bonds is 4. The van der Waals surface area contributed by atoms with Crippen molar-refractivity contribution < 1.29 is 14.6 Å². The van der Waals surface area contributed by atoms with E-state index in [4.69, 9.17) is 9.84 Å². The van der Waals surface area contributed by atoms with Crippen molar-refractivity contribution in [2.75, 3.05) is 7.05 Å². The summed E-state index contributed by atoms with van der Waals surface area (Å²) >= 11 is 0. The Hall–Kier alpha value is -0.610. The number of carbonyl (C=O) groups is 1. The molecule has 0 saturated heterocycles. The molecule has 1 atom stereocenters. The molecule has 1 rings (SSSR count). The van der Waals surface area contributed by atoms with Gasteiger partial charge in [0.1, 0.15) is 0 Å². The summed E-state index contributed by atoms with van der Waals surface area (Å²) < 4.78 is 5.42. The van der Waals surface area contributed by atoms with Gasteiger partial charge in [-0.1, -0.05) is 0 Å². The average molecular weight is 201 g/mol. The van der Waals surface area contributed by atoms with Crippen LogP contribution in [-0.2, 0) is 9.53 Å². The lowest BCUT2D eigenvalue weighted by molar-refractivity contribution is -0.154. The predicted molar refractivity (Wildman–Crippen MR) is 53.3 cm³/mol. The Morgan fingerprint density at radius 1 is 1.43 bits per heavy atom. The Bertz CT molecular complexity index is 188. The van der Waals surface area contributed by atoms with Crippen molar-refractivity contribution in [1.29, 1.82) is 0 Å². The molecule has 4 nitrogen and oxygen atoms in total. The normalized spacial score (nSPS) is 29.9. The third-order valence-corrected chi connectivity index (χ3v) is 2.83. The van der Waals surface area contributed by atoms with Crippen molar-refractivity contribution in [3.8, 4) is 0 Å². The first-order chi connectivity index (χ1) is 6.63. The monoisotopic (exact) mass is 201 g/mol. The van der Waals surface area contributed by atoms with Crippen LogP contribution < -0.4 is 5.32 Å². The van der Waals surface area contributed by atoms with Crippen LogP contribution in [0.1, 0.15) is 32.6 Å². The molecule has 0 amide bonds. The maximum absolute atomic E-state index is 10.6. The fourth-order valence-corrected chi connectivity index (χ4v) is 1.83. The number of hydrogen-bond donors (Lipinski definition) is 2. The SMILES string of the molecule is CNC1CCC(OC(C)C(=O)O)CC1. The summed E-state index contributed by atoms with van der Waals surface area (Å²) in [7, 11) is 1.96. The van der Waals surface area contributed by atoms with Gasteiger partial charge >= 0.3 is 5.97 Å². The van der Waals surface area contributed by atoms with E-state index in [1.54, 1.807) is 6.92 Å². The van der Waals surface area contributed by atoms with Crippen molar-refractivity contribution >= 4 is 5.97 Å². The van der Waals surface area contributed by atoms with Crippen LogP contribution >= 0.6 is 0 Å². The molecule has 0 aliphatic heterocycles. The van der Waals surface area contributed by atoms with Gasteiger partial charge in [0, 0.05) is 6.04 Å². The van der Waals surface area contributed by atoms with E-state index in [9.17, 15) is 4.79 Å². The molecule has 0 aromatic carbocycles. The van der Waals surface area contributed by atoms with E-state index in [1.807, 2.05) is 7.05 Å². The third-order valence-electron chi connectivity index (χ3n) is 2.83. The van der Waals surface area contributed by atoms with Gasteiger partial charge in [0.25, 0.3) is 0 Å². The van der Waals surface area contributed by atoms with Crippen LogP contribution in [0.4, 0.5) is 0 Å². The number of aliphatic carboxylic acids is 1. The van der Waals surface area contributed by atoms with E-state index in [-0.39, 0.29) is 6.10 Å². The first-order valence-corrected chi connectivity index (χ1v) is 5.19. The molecule has 1 aliphatic rings. The average Bonchev–Trinajstić information content (AvgIpc) is 2.19. The zero-order valence-electron chi connectivity index (χ0n) is 8.82. The summed E-state index contributed by atoms with van der Waals surface area (Å²) in [5, 5.41) is 11.9. The molecule has 1 fully saturated rings. The topological polar surface area (TPSA) is 58.6 Å². The Balaban J connectivity index is 2.25. The second-order valence-electron chi connectivity index (χ2n) is 3.88. The first-order valence-electron chi connectivity index (χ1n) is 5.19. The molecule has 4 heteroatoms. The Morgan fingerprint density at radius 3 is 2.43 bits per heavy atom. The van der Waals surface area contributed by atoms with Gasteiger partial charge in [-0.2, -0.15) is 0 Å². The molecule has 1 saturated carbocycles. The summed E-state index contributed by atoms with van der Waals surface area (Å²) in [6, 6.07) is 0.579. The summed E-state index contributed by atoms with van der Waals surface area (Å²) in [5.74, 6) is -0.874. The van der Waals surface area contributed by atoms with E-state index < -0.39 is 12.1 Å². The van der Waals surface area contributed by atoms with Crippen molar-refractivity contribution in [3.05, 3.63) is 0 Å². The highest BCUT2D eigenvalue weighted by Crippen LogP contribution is 2.21. The van der Waals surface area contributed by atoms with E-state index in [0.717, 1.165) is 25.7 Å².